The van der Waals surface area contributed by atoms with E-state index in [1.807, 2.05) is 0 Å². The molecule has 0 aliphatic carbocycles. The smallest absolute Gasteiger partial charge is 0.150 e. The minimum atomic E-state index is 0. The number of phenols is 1. The molecule has 0 atom stereocenters. The number of halogens is 1. The molecule has 54 valence electrons. The summed E-state index contributed by atoms with van der Waals surface area (Å²) in [5.74, 6) is 0.181. The summed E-state index contributed by atoms with van der Waals surface area (Å²) in [7, 11) is 0. The quantitative estimate of drug-likeness (QED) is 0.631. The molecule has 0 aliphatic heterocycles. The van der Waals surface area contributed by atoms with Gasteiger partial charge in [0, 0.05) is 5.56 Å². The highest BCUT2D eigenvalue weighted by Crippen LogP contribution is 2.07. The number of hydrogen-bond acceptors (Lipinski definition) is 2. The molecular weight excluding hydrogens is 152 g/mol. The molecule has 0 aliphatic rings. The lowest BCUT2D eigenvalue weighted by molar-refractivity contribution is 0.112. The average molecular weight is 159 g/mol. The first-order valence-electron chi connectivity index (χ1n) is 2.57. The fourth-order valence-electron chi connectivity index (χ4n) is 0.553. The Labute approximate surface area is 64.9 Å². The lowest BCUT2D eigenvalue weighted by atomic mass is 10.2. The Kier molecular flexibility index (Phi) is 3.51. The van der Waals surface area contributed by atoms with Gasteiger partial charge in [-0.1, -0.05) is 0 Å². The zero-order chi connectivity index (χ0) is 6.69. The molecule has 0 spiro atoms. The molecule has 3 heteroatoms. The van der Waals surface area contributed by atoms with Crippen molar-refractivity contribution >= 4 is 18.7 Å². The molecule has 0 bridgehead atoms. The molecule has 0 heterocycles. The van der Waals surface area contributed by atoms with Crippen molar-refractivity contribution in [2.75, 3.05) is 0 Å². The van der Waals surface area contributed by atoms with Gasteiger partial charge in [0.15, 0.2) is 0 Å². The van der Waals surface area contributed by atoms with Gasteiger partial charge < -0.3 is 5.11 Å². The zero-order valence-corrected chi connectivity index (χ0v) is 5.97. The Morgan fingerprint density at radius 3 is 2.10 bits per heavy atom. The predicted octanol–water partition coefficient (Wildman–Crippen LogP) is 1.63. The van der Waals surface area contributed by atoms with E-state index in [1.165, 1.54) is 12.1 Å². The van der Waals surface area contributed by atoms with Gasteiger partial charge >= 0.3 is 0 Å². The molecule has 0 unspecified atom stereocenters. The second-order valence-corrected chi connectivity index (χ2v) is 1.71. The number of phenolic OH excluding ortho intramolecular Hbond substituents is 1. The minimum absolute atomic E-state index is 0. The molecule has 0 amide bonds. The van der Waals surface area contributed by atoms with Crippen LogP contribution in [0.2, 0.25) is 0 Å². The zero-order valence-electron chi connectivity index (χ0n) is 5.15. The molecule has 1 aromatic rings. The number of aromatic hydroxyl groups is 1. The van der Waals surface area contributed by atoms with Crippen LogP contribution in [-0.4, -0.2) is 11.4 Å². The largest absolute Gasteiger partial charge is 0.508 e. The molecule has 0 aromatic heterocycles. The maximum absolute atomic E-state index is 10.0. The molecule has 10 heavy (non-hydrogen) atoms. The third kappa shape index (κ3) is 2.07. The van der Waals surface area contributed by atoms with Crippen LogP contribution in [0.25, 0.3) is 0 Å². The van der Waals surface area contributed by atoms with Gasteiger partial charge in [-0.3, -0.25) is 4.79 Å². The van der Waals surface area contributed by atoms with E-state index in [-0.39, 0.29) is 18.2 Å². The van der Waals surface area contributed by atoms with Crippen molar-refractivity contribution in [3.8, 4) is 5.75 Å². The third-order valence-electron chi connectivity index (χ3n) is 1.03. The Morgan fingerprint density at radius 2 is 1.70 bits per heavy atom. The highest BCUT2D eigenvalue weighted by Gasteiger charge is 1.86. The van der Waals surface area contributed by atoms with Gasteiger partial charge in [0.05, 0.1) is 0 Å². The second kappa shape index (κ2) is 3.90. The number of rotatable bonds is 1. The molecule has 1 rings (SSSR count). The van der Waals surface area contributed by atoms with E-state index in [2.05, 4.69) is 0 Å². The molecule has 0 saturated heterocycles. The van der Waals surface area contributed by atoms with Crippen LogP contribution in [0.5, 0.6) is 5.75 Å². The van der Waals surface area contributed by atoms with Crippen molar-refractivity contribution in [1.82, 2.24) is 0 Å². The summed E-state index contributed by atoms with van der Waals surface area (Å²) in [5.41, 5.74) is 0.577. The Balaban J connectivity index is 0.000000810. The third-order valence-corrected chi connectivity index (χ3v) is 1.03. The van der Waals surface area contributed by atoms with Crippen molar-refractivity contribution in [2.24, 2.45) is 0 Å². The fourth-order valence-corrected chi connectivity index (χ4v) is 0.553. The van der Waals surface area contributed by atoms with Crippen LogP contribution in [0, 0.1) is 0 Å². The van der Waals surface area contributed by atoms with Crippen molar-refractivity contribution in [3.63, 3.8) is 0 Å². The summed E-state index contributed by atoms with van der Waals surface area (Å²) in [4.78, 5) is 10.0. The molecule has 0 saturated carbocycles. The predicted molar refractivity (Wildman–Crippen MR) is 40.7 cm³/mol. The van der Waals surface area contributed by atoms with Gasteiger partial charge in [-0.05, 0) is 24.3 Å². The minimum Gasteiger partial charge on any atom is -0.508 e. The van der Waals surface area contributed by atoms with E-state index >= 15 is 0 Å². The molecule has 1 aromatic carbocycles. The van der Waals surface area contributed by atoms with Gasteiger partial charge in [0.1, 0.15) is 12.0 Å². The summed E-state index contributed by atoms with van der Waals surface area (Å²) >= 11 is 0. The summed E-state index contributed by atoms with van der Waals surface area (Å²) in [6.07, 6.45) is 0.736. The fraction of sp³-hybridized carbons (Fsp3) is 0. The summed E-state index contributed by atoms with van der Waals surface area (Å²) < 4.78 is 0. The number of aldehydes is 1. The molecule has 1 N–H and O–H groups in total. The Hall–Kier alpha value is -1.02. The monoisotopic (exact) mass is 158 g/mol. The maximum atomic E-state index is 10.0. The SMILES string of the molecule is Cl.O=Cc1ccc(O)cc1. The topological polar surface area (TPSA) is 37.3 Å². The lowest BCUT2D eigenvalue weighted by Crippen LogP contribution is -1.74. The average Bonchev–Trinajstić information content (AvgIpc) is 1.90. The number of carbonyl (C=O) groups is 1. The normalized spacial score (nSPS) is 8.00. The Bertz CT molecular complexity index is 205. The van der Waals surface area contributed by atoms with Crippen LogP contribution in [0.4, 0.5) is 0 Å². The van der Waals surface area contributed by atoms with E-state index in [9.17, 15) is 4.79 Å². The van der Waals surface area contributed by atoms with Crippen LogP contribution < -0.4 is 0 Å². The van der Waals surface area contributed by atoms with E-state index in [1.54, 1.807) is 12.1 Å². The highest BCUT2D eigenvalue weighted by molar-refractivity contribution is 5.85. The highest BCUT2D eigenvalue weighted by atomic mass is 35.5. The van der Waals surface area contributed by atoms with Crippen molar-refractivity contribution < 1.29 is 9.90 Å². The first-order chi connectivity index (χ1) is 4.33. The van der Waals surface area contributed by atoms with Crippen LogP contribution in [0.1, 0.15) is 10.4 Å². The van der Waals surface area contributed by atoms with Crippen LogP contribution in [0.15, 0.2) is 24.3 Å². The first-order valence-corrected chi connectivity index (χ1v) is 2.57. The summed E-state index contributed by atoms with van der Waals surface area (Å²) in [5, 5.41) is 8.74. The van der Waals surface area contributed by atoms with Gasteiger partial charge in [0.25, 0.3) is 0 Å². The second-order valence-electron chi connectivity index (χ2n) is 1.71. The van der Waals surface area contributed by atoms with Gasteiger partial charge in [0.2, 0.25) is 0 Å². The van der Waals surface area contributed by atoms with Crippen LogP contribution in [0.3, 0.4) is 0 Å². The molecule has 0 radical (unpaired) electrons. The van der Waals surface area contributed by atoms with E-state index in [0.29, 0.717) is 5.56 Å². The number of hydrogen-bond donors (Lipinski definition) is 1. The van der Waals surface area contributed by atoms with Crippen molar-refractivity contribution in [2.45, 2.75) is 0 Å². The van der Waals surface area contributed by atoms with E-state index < -0.39 is 0 Å². The number of benzene rings is 1. The van der Waals surface area contributed by atoms with Crippen molar-refractivity contribution in [1.29, 1.82) is 0 Å². The van der Waals surface area contributed by atoms with E-state index in [4.69, 9.17) is 5.11 Å². The van der Waals surface area contributed by atoms with Gasteiger partial charge in [-0.15, -0.1) is 12.4 Å². The van der Waals surface area contributed by atoms with Crippen LogP contribution in [-0.2, 0) is 0 Å². The van der Waals surface area contributed by atoms with Crippen molar-refractivity contribution in [3.05, 3.63) is 29.8 Å². The van der Waals surface area contributed by atoms with Gasteiger partial charge in [-0.25, -0.2) is 0 Å². The number of carbonyl (C=O) groups excluding carboxylic acids is 1. The first kappa shape index (κ1) is 8.98. The lowest BCUT2D eigenvalue weighted by Gasteiger charge is -1.88. The standard InChI is InChI=1S/C7H6O2.ClH/c8-5-6-1-3-7(9)4-2-6;/h1-5,9H;1H. The molecule has 0 fully saturated rings. The Morgan fingerprint density at radius 1 is 1.20 bits per heavy atom. The van der Waals surface area contributed by atoms with Crippen LogP contribution >= 0.6 is 12.4 Å². The summed E-state index contributed by atoms with van der Waals surface area (Å²) in [6, 6.07) is 6.07. The molecular formula is C7H7ClO2. The maximum Gasteiger partial charge on any atom is 0.150 e. The van der Waals surface area contributed by atoms with Gasteiger partial charge in [-0.2, -0.15) is 0 Å². The molecule has 2 nitrogen and oxygen atoms in total. The summed E-state index contributed by atoms with van der Waals surface area (Å²) in [6.45, 7) is 0. The van der Waals surface area contributed by atoms with E-state index in [0.717, 1.165) is 6.29 Å².